The summed E-state index contributed by atoms with van der Waals surface area (Å²) in [6.07, 6.45) is 0.178. The first-order valence-corrected chi connectivity index (χ1v) is 5.06. The third-order valence-electron chi connectivity index (χ3n) is 1.34. The van der Waals surface area contributed by atoms with Crippen LogP contribution in [0.4, 0.5) is 13.2 Å². The van der Waals surface area contributed by atoms with E-state index < -0.39 is 11.7 Å². The molecule has 0 aromatic carbocycles. The zero-order valence-electron chi connectivity index (χ0n) is 8.61. The van der Waals surface area contributed by atoms with Gasteiger partial charge in [0.25, 0.3) is 0 Å². The highest BCUT2D eigenvalue weighted by Gasteiger charge is 2.29. The third-order valence-corrected chi connectivity index (χ3v) is 2.12. The predicted octanol–water partition coefficient (Wildman–Crippen LogP) is 4.56. The van der Waals surface area contributed by atoms with Crippen LogP contribution in [0, 0.1) is 0 Å². The summed E-state index contributed by atoms with van der Waals surface area (Å²) in [4.78, 5) is 0.860. The average molecular weight is 224 g/mol. The van der Waals surface area contributed by atoms with Crippen molar-refractivity contribution >= 4 is 11.8 Å². The number of hydrogen-bond donors (Lipinski definition) is 0. The van der Waals surface area contributed by atoms with Crippen LogP contribution < -0.4 is 0 Å². The number of halogens is 3. The van der Waals surface area contributed by atoms with E-state index in [9.17, 15) is 13.2 Å². The lowest BCUT2D eigenvalue weighted by Crippen LogP contribution is -2.08. The van der Waals surface area contributed by atoms with E-state index in [2.05, 4.69) is 13.2 Å². The Labute approximate surface area is 87.6 Å². The van der Waals surface area contributed by atoms with Gasteiger partial charge in [0.2, 0.25) is 0 Å². The van der Waals surface area contributed by atoms with Gasteiger partial charge in [0.05, 0.1) is 0 Å². The molecule has 0 aliphatic carbocycles. The third kappa shape index (κ3) is 7.98. The Balaban J connectivity index is 0. The molecule has 0 bridgehead atoms. The average Bonchev–Trinajstić information content (AvgIpc) is 2.15. The van der Waals surface area contributed by atoms with Crippen LogP contribution in [0.1, 0.15) is 13.8 Å². The van der Waals surface area contributed by atoms with Crippen LogP contribution in [-0.2, 0) is 0 Å². The summed E-state index contributed by atoms with van der Waals surface area (Å²) in [7, 11) is 0. The molecule has 82 valence electrons. The molecule has 0 atom stereocenters. The van der Waals surface area contributed by atoms with Crippen LogP contribution in [0.3, 0.4) is 0 Å². The second kappa shape index (κ2) is 7.74. The summed E-state index contributed by atoms with van der Waals surface area (Å²) in [5.74, 6) is 0. The fraction of sp³-hybridized carbons (Fsp3) is 0.400. The van der Waals surface area contributed by atoms with E-state index in [4.69, 9.17) is 0 Å². The van der Waals surface area contributed by atoms with Crippen LogP contribution in [0.15, 0.2) is 35.8 Å². The Hall–Kier alpha value is -0.640. The lowest BCUT2D eigenvalue weighted by atomic mass is 10.2. The second-order valence-corrected chi connectivity index (χ2v) is 3.38. The minimum atomic E-state index is -4.20. The van der Waals surface area contributed by atoms with Gasteiger partial charge in [0.15, 0.2) is 0 Å². The highest BCUT2D eigenvalue weighted by Crippen LogP contribution is 2.25. The standard InChI is InChI=1S/C8H11F3S.C2H4/c1-6(8(9,10)11)4-5-7(2)12-3;1-2/h4-5H,1-3H3;1-2H2/b6-4+,7-5+;. The molecule has 0 nitrogen and oxygen atoms in total. The molecule has 0 aliphatic rings. The van der Waals surface area contributed by atoms with Crippen molar-refractivity contribution in [2.75, 3.05) is 6.26 Å². The maximum Gasteiger partial charge on any atom is 0.412 e. The van der Waals surface area contributed by atoms with E-state index in [1.54, 1.807) is 6.92 Å². The van der Waals surface area contributed by atoms with E-state index in [1.165, 1.54) is 17.8 Å². The maximum absolute atomic E-state index is 11.9. The van der Waals surface area contributed by atoms with Crippen LogP contribution in [0.25, 0.3) is 0 Å². The van der Waals surface area contributed by atoms with Crippen molar-refractivity contribution in [2.45, 2.75) is 20.0 Å². The minimum absolute atomic E-state index is 0.573. The van der Waals surface area contributed by atoms with Gasteiger partial charge in [-0.2, -0.15) is 13.2 Å². The van der Waals surface area contributed by atoms with Crippen LogP contribution in [0.5, 0.6) is 0 Å². The molecule has 14 heavy (non-hydrogen) atoms. The Morgan fingerprint density at radius 2 is 1.57 bits per heavy atom. The number of alkyl halides is 3. The van der Waals surface area contributed by atoms with Crippen molar-refractivity contribution in [1.29, 1.82) is 0 Å². The molecule has 0 saturated carbocycles. The molecule has 0 N–H and O–H groups in total. The number of allylic oxidation sites excluding steroid dienone is 4. The van der Waals surface area contributed by atoms with Crippen LogP contribution >= 0.6 is 11.8 Å². The van der Waals surface area contributed by atoms with E-state index in [0.717, 1.165) is 17.9 Å². The molecular weight excluding hydrogens is 209 g/mol. The van der Waals surface area contributed by atoms with E-state index in [0.29, 0.717) is 0 Å². The number of thioether (sulfide) groups is 1. The summed E-state index contributed by atoms with van der Waals surface area (Å²) in [6, 6.07) is 0. The zero-order chi connectivity index (χ0) is 11.8. The van der Waals surface area contributed by atoms with Gasteiger partial charge in [0.1, 0.15) is 0 Å². The van der Waals surface area contributed by atoms with Crippen molar-refractivity contribution in [3.05, 3.63) is 35.8 Å². The van der Waals surface area contributed by atoms with Gasteiger partial charge in [-0.05, 0) is 25.0 Å². The fourth-order valence-electron chi connectivity index (χ4n) is 0.405. The first-order valence-electron chi connectivity index (χ1n) is 3.84. The molecule has 0 unspecified atom stereocenters. The van der Waals surface area contributed by atoms with Gasteiger partial charge in [-0.3, -0.25) is 0 Å². The Morgan fingerprint density at radius 3 is 1.86 bits per heavy atom. The largest absolute Gasteiger partial charge is 0.412 e. The molecule has 0 spiro atoms. The molecular formula is C10H15F3S. The van der Waals surface area contributed by atoms with Gasteiger partial charge in [-0.1, -0.05) is 12.2 Å². The Kier molecular flexibility index (Phi) is 8.74. The number of rotatable bonds is 2. The molecule has 0 radical (unpaired) electrons. The van der Waals surface area contributed by atoms with Gasteiger partial charge in [-0.15, -0.1) is 24.9 Å². The maximum atomic E-state index is 11.9. The minimum Gasteiger partial charge on any atom is -0.166 e. The van der Waals surface area contributed by atoms with Gasteiger partial charge in [-0.25, -0.2) is 0 Å². The van der Waals surface area contributed by atoms with Crippen molar-refractivity contribution in [1.82, 2.24) is 0 Å². The van der Waals surface area contributed by atoms with Crippen LogP contribution in [-0.4, -0.2) is 12.4 Å². The SMILES string of the molecule is C=C.CS/C(C)=C/C=C(\C)C(F)(F)F. The summed E-state index contributed by atoms with van der Waals surface area (Å²) in [6.45, 7) is 8.83. The molecule has 0 aromatic heterocycles. The van der Waals surface area contributed by atoms with E-state index in [1.807, 2.05) is 6.26 Å². The van der Waals surface area contributed by atoms with Crippen LogP contribution in [0.2, 0.25) is 0 Å². The first kappa shape index (κ1) is 15.8. The first-order chi connectivity index (χ1) is 6.38. The lowest BCUT2D eigenvalue weighted by Gasteiger charge is -2.04. The van der Waals surface area contributed by atoms with Gasteiger partial charge < -0.3 is 0 Å². The molecule has 0 saturated heterocycles. The molecule has 0 aliphatic heterocycles. The van der Waals surface area contributed by atoms with Gasteiger partial charge in [0, 0.05) is 5.57 Å². The molecule has 0 fully saturated rings. The van der Waals surface area contributed by atoms with Crippen molar-refractivity contribution < 1.29 is 13.2 Å². The van der Waals surface area contributed by atoms with Crippen molar-refractivity contribution in [2.24, 2.45) is 0 Å². The number of hydrogen-bond acceptors (Lipinski definition) is 1. The highest BCUT2D eigenvalue weighted by molar-refractivity contribution is 8.02. The topological polar surface area (TPSA) is 0 Å². The van der Waals surface area contributed by atoms with Crippen molar-refractivity contribution in [3.63, 3.8) is 0 Å². The Morgan fingerprint density at radius 1 is 1.14 bits per heavy atom. The Bertz CT molecular complexity index is 214. The van der Waals surface area contributed by atoms with E-state index in [-0.39, 0.29) is 0 Å². The lowest BCUT2D eigenvalue weighted by molar-refractivity contribution is -0.0912. The molecule has 0 heterocycles. The fourth-order valence-corrected chi connectivity index (χ4v) is 0.609. The smallest absolute Gasteiger partial charge is 0.166 e. The summed E-state index contributed by atoms with van der Waals surface area (Å²) < 4.78 is 35.7. The normalized spacial score (nSPS) is 13.3. The molecule has 0 rings (SSSR count). The highest BCUT2D eigenvalue weighted by atomic mass is 32.2. The summed E-state index contributed by atoms with van der Waals surface area (Å²) >= 11 is 1.43. The molecule has 0 aromatic rings. The van der Waals surface area contributed by atoms with Gasteiger partial charge >= 0.3 is 6.18 Å². The summed E-state index contributed by atoms with van der Waals surface area (Å²) in [5.41, 5.74) is -0.573. The molecule has 4 heteroatoms. The van der Waals surface area contributed by atoms with E-state index >= 15 is 0 Å². The quantitative estimate of drug-likeness (QED) is 0.489. The monoisotopic (exact) mass is 224 g/mol. The zero-order valence-corrected chi connectivity index (χ0v) is 9.43. The summed E-state index contributed by atoms with van der Waals surface area (Å²) in [5, 5.41) is 0. The van der Waals surface area contributed by atoms with Crippen molar-refractivity contribution in [3.8, 4) is 0 Å². The predicted molar refractivity (Wildman–Crippen MR) is 58.3 cm³/mol. The molecule has 0 amide bonds. The second-order valence-electron chi connectivity index (χ2n) is 2.33.